The van der Waals surface area contributed by atoms with Gasteiger partial charge in [-0.25, -0.2) is 0 Å². The van der Waals surface area contributed by atoms with Gasteiger partial charge in [0.15, 0.2) is 0 Å². The Morgan fingerprint density at radius 2 is 1.95 bits per heavy atom. The van der Waals surface area contributed by atoms with E-state index in [0.717, 1.165) is 23.9 Å². The molecule has 1 fully saturated rings. The lowest BCUT2D eigenvalue weighted by Gasteiger charge is -2.32. The van der Waals surface area contributed by atoms with Gasteiger partial charge in [-0.1, -0.05) is 31.5 Å². The standard InChI is InChI=1S/C16H21ClN2/c1-11-5-12(2)7-15(6-11)19-10-14-4-3-13(9-18)8-16(14)17/h3-4,8,11-12,15,19H,5-7,10H2,1-2H3. The molecule has 0 bridgehead atoms. The molecule has 1 aromatic carbocycles. The Bertz CT molecular complexity index is 468. The maximum atomic E-state index is 8.82. The molecule has 0 spiro atoms. The Balaban J connectivity index is 1.93. The molecule has 19 heavy (non-hydrogen) atoms. The zero-order chi connectivity index (χ0) is 13.8. The van der Waals surface area contributed by atoms with Gasteiger partial charge in [0.2, 0.25) is 0 Å². The summed E-state index contributed by atoms with van der Waals surface area (Å²) in [5, 5.41) is 13.1. The average molecular weight is 277 g/mol. The van der Waals surface area contributed by atoms with Crippen LogP contribution >= 0.6 is 11.6 Å². The molecule has 0 aliphatic heterocycles. The highest BCUT2D eigenvalue weighted by molar-refractivity contribution is 6.31. The Kier molecular flexibility index (Phi) is 4.85. The average Bonchev–Trinajstić information content (AvgIpc) is 2.36. The summed E-state index contributed by atoms with van der Waals surface area (Å²) in [7, 11) is 0. The summed E-state index contributed by atoms with van der Waals surface area (Å²) >= 11 is 6.19. The van der Waals surface area contributed by atoms with E-state index in [4.69, 9.17) is 16.9 Å². The molecule has 0 radical (unpaired) electrons. The molecule has 2 rings (SSSR count). The predicted molar refractivity (Wildman–Crippen MR) is 79.0 cm³/mol. The first kappa shape index (κ1) is 14.4. The zero-order valence-corrected chi connectivity index (χ0v) is 12.4. The molecule has 3 heteroatoms. The molecule has 1 N–H and O–H groups in total. The van der Waals surface area contributed by atoms with Crippen molar-refractivity contribution in [2.24, 2.45) is 11.8 Å². The van der Waals surface area contributed by atoms with Crippen LogP contribution in [0.4, 0.5) is 0 Å². The number of benzene rings is 1. The summed E-state index contributed by atoms with van der Waals surface area (Å²) in [4.78, 5) is 0. The van der Waals surface area contributed by atoms with Crippen molar-refractivity contribution in [3.63, 3.8) is 0 Å². The fourth-order valence-corrected chi connectivity index (χ4v) is 3.38. The van der Waals surface area contributed by atoms with Gasteiger partial charge in [-0.05, 0) is 48.8 Å². The van der Waals surface area contributed by atoms with Crippen molar-refractivity contribution in [2.45, 2.75) is 45.7 Å². The molecule has 0 amide bonds. The van der Waals surface area contributed by atoms with Crippen molar-refractivity contribution >= 4 is 11.6 Å². The van der Waals surface area contributed by atoms with Crippen LogP contribution in [0.3, 0.4) is 0 Å². The number of halogens is 1. The van der Waals surface area contributed by atoms with Gasteiger partial charge >= 0.3 is 0 Å². The summed E-state index contributed by atoms with van der Waals surface area (Å²) in [6, 6.07) is 8.21. The molecule has 2 atom stereocenters. The Morgan fingerprint density at radius 1 is 1.26 bits per heavy atom. The van der Waals surface area contributed by atoms with Gasteiger partial charge in [0.05, 0.1) is 11.6 Å². The van der Waals surface area contributed by atoms with E-state index in [9.17, 15) is 0 Å². The van der Waals surface area contributed by atoms with E-state index in [2.05, 4.69) is 25.2 Å². The van der Waals surface area contributed by atoms with Crippen LogP contribution in [0.2, 0.25) is 5.02 Å². The number of nitriles is 1. The molecule has 1 aliphatic carbocycles. The van der Waals surface area contributed by atoms with Crippen molar-refractivity contribution in [1.82, 2.24) is 5.32 Å². The molecule has 1 aromatic rings. The van der Waals surface area contributed by atoms with Crippen LogP contribution in [0.1, 0.15) is 44.2 Å². The minimum absolute atomic E-state index is 0.588. The maximum absolute atomic E-state index is 8.82. The second kappa shape index (κ2) is 6.41. The molecule has 2 nitrogen and oxygen atoms in total. The Labute approximate surface area is 120 Å². The predicted octanol–water partition coefficient (Wildman–Crippen LogP) is 4.13. The molecule has 0 aromatic heterocycles. The molecular formula is C16H21ClN2. The normalized spacial score (nSPS) is 26.9. The second-order valence-electron chi connectivity index (χ2n) is 5.91. The zero-order valence-electron chi connectivity index (χ0n) is 11.6. The van der Waals surface area contributed by atoms with Gasteiger partial charge < -0.3 is 5.32 Å². The Morgan fingerprint density at radius 3 is 2.53 bits per heavy atom. The molecule has 2 unspecified atom stereocenters. The number of nitrogens with zero attached hydrogens (tertiary/aromatic N) is 1. The van der Waals surface area contributed by atoms with E-state index in [1.807, 2.05) is 12.1 Å². The van der Waals surface area contributed by atoms with Crippen LogP contribution in [0.25, 0.3) is 0 Å². The van der Waals surface area contributed by atoms with Crippen LogP contribution < -0.4 is 5.32 Å². The van der Waals surface area contributed by atoms with E-state index in [1.165, 1.54) is 19.3 Å². The van der Waals surface area contributed by atoms with Crippen molar-refractivity contribution < 1.29 is 0 Å². The van der Waals surface area contributed by atoms with Crippen molar-refractivity contribution in [2.75, 3.05) is 0 Å². The van der Waals surface area contributed by atoms with Crippen molar-refractivity contribution in [1.29, 1.82) is 5.26 Å². The molecule has 0 heterocycles. The highest BCUT2D eigenvalue weighted by atomic mass is 35.5. The lowest BCUT2D eigenvalue weighted by Crippen LogP contribution is -2.35. The quantitative estimate of drug-likeness (QED) is 0.901. The fraction of sp³-hybridized carbons (Fsp3) is 0.562. The molecule has 1 aliphatic rings. The van der Waals surface area contributed by atoms with Gasteiger partial charge in [0.1, 0.15) is 0 Å². The number of hydrogen-bond donors (Lipinski definition) is 1. The topological polar surface area (TPSA) is 35.8 Å². The number of hydrogen-bond acceptors (Lipinski definition) is 2. The summed E-state index contributed by atoms with van der Waals surface area (Å²) < 4.78 is 0. The van der Waals surface area contributed by atoms with Gasteiger partial charge in [-0.2, -0.15) is 5.26 Å². The lowest BCUT2D eigenvalue weighted by atomic mass is 9.80. The van der Waals surface area contributed by atoms with E-state index < -0.39 is 0 Å². The number of rotatable bonds is 3. The van der Waals surface area contributed by atoms with E-state index in [-0.39, 0.29) is 0 Å². The van der Waals surface area contributed by atoms with Crippen LogP contribution in [0.15, 0.2) is 18.2 Å². The third-order valence-electron chi connectivity index (χ3n) is 3.94. The van der Waals surface area contributed by atoms with Crippen LogP contribution in [-0.2, 0) is 6.54 Å². The van der Waals surface area contributed by atoms with Crippen LogP contribution in [-0.4, -0.2) is 6.04 Å². The van der Waals surface area contributed by atoms with E-state index in [0.29, 0.717) is 16.6 Å². The third kappa shape index (κ3) is 3.96. The monoisotopic (exact) mass is 276 g/mol. The molecule has 102 valence electrons. The van der Waals surface area contributed by atoms with E-state index in [1.54, 1.807) is 6.07 Å². The highest BCUT2D eigenvalue weighted by Crippen LogP contribution is 2.29. The summed E-state index contributed by atoms with van der Waals surface area (Å²) in [6.07, 6.45) is 3.84. The SMILES string of the molecule is CC1CC(C)CC(NCc2ccc(C#N)cc2Cl)C1. The van der Waals surface area contributed by atoms with E-state index >= 15 is 0 Å². The summed E-state index contributed by atoms with van der Waals surface area (Å²) in [5.41, 5.74) is 1.69. The smallest absolute Gasteiger partial charge is 0.0992 e. The minimum atomic E-state index is 0.588. The molecule has 0 saturated heterocycles. The summed E-state index contributed by atoms with van der Waals surface area (Å²) in [6.45, 7) is 5.45. The second-order valence-corrected chi connectivity index (χ2v) is 6.32. The Hall–Kier alpha value is -1.04. The maximum Gasteiger partial charge on any atom is 0.0992 e. The minimum Gasteiger partial charge on any atom is -0.310 e. The number of nitrogens with one attached hydrogen (secondary N) is 1. The van der Waals surface area contributed by atoms with Gasteiger partial charge in [0, 0.05) is 17.6 Å². The highest BCUT2D eigenvalue weighted by Gasteiger charge is 2.23. The lowest BCUT2D eigenvalue weighted by molar-refractivity contribution is 0.238. The van der Waals surface area contributed by atoms with Gasteiger partial charge in [-0.15, -0.1) is 0 Å². The van der Waals surface area contributed by atoms with Gasteiger partial charge in [-0.3, -0.25) is 0 Å². The summed E-state index contributed by atoms with van der Waals surface area (Å²) in [5.74, 6) is 1.61. The fourth-order valence-electron chi connectivity index (χ4n) is 3.13. The molecule has 1 saturated carbocycles. The largest absolute Gasteiger partial charge is 0.310 e. The first-order valence-corrected chi connectivity index (χ1v) is 7.38. The van der Waals surface area contributed by atoms with Gasteiger partial charge in [0.25, 0.3) is 0 Å². The van der Waals surface area contributed by atoms with Crippen molar-refractivity contribution in [3.8, 4) is 6.07 Å². The van der Waals surface area contributed by atoms with Crippen LogP contribution in [0, 0.1) is 23.2 Å². The molecular weight excluding hydrogens is 256 g/mol. The van der Waals surface area contributed by atoms with Crippen LogP contribution in [0.5, 0.6) is 0 Å². The first-order chi connectivity index (χ1) is 9.08. The third-order valence-corrected chi connectivity index (χ3v) is 4.29. The first-order valence-electron chi connectivity index (χ1n) is 7.00. The van der Waals surface area contributed by atoms with Crippen molar-refractivity contribution in [3.05, 3.63) is 34.3 Å².